The van der Waals surface area contributed by atoms with E-state index in [2.05, 4.69) is 38.1 Å². The highest BCUT2D eigenvalue weighted by atomic mass is 16.2. The molecule has 2 amide bonds. The molecule has 0 unspecified atom stereocenters. The Kier molecular flexibility index (Phi) is 5.91. The molecule has 0 radical (unpaired) electrons. The van der Waals surface area contributed by atoms with Crippen LogP contribution in [0.15, 0.2) is 24.5 Å². The number of piperazine rings is 1. The van der Waals surface area contributed by atoms with Crippen LogP contribution in [0.4, 0.5) is 4.79 Å². The van der Waals surface area contributed by atoms with Gasteiger partial charge in [0, 0.05) is 57.2 Å². The molecular weight excluding hydrogens is 314 g/mol. The largest absolute Gasteiger partial charge is 0.336 e. The number of rotatable bonds is 4. The Hall–Kier alpha value is -1.66. The lowest BCUT2D eigenvalue weighted by Gasteiger charge is -2.40. The Morgan fingerprint density at radius 3 is 2.68 bits per heavy atom. The van der Waals surface area contributed by atoms with Gasteiger partial charge in [-0.2, -0.15) is 0 Å². The number of nitrogens with zero attached hydrogens (tertiary/aromatic N) is 4. The number of carbonyl (C=O) groups excluding carboxylic acids is 1. The number of likely N-dealkylation sites (tertiary alicyclic amines) is 1. The van der Waals surface area contributed by atoms with E-state index < -0.39 is 0 Å². The van der Waals surface area contributed by atoms with E-state index in [-0.39, 0.29) is 18.1 Å². The number of urea groups is 1. The third kappa shape index (κ3) is 4.50. The molecule has 0 saturated carbocycles. The third-order valence-electron chi connectivity index (χ3n) is 5.36. The smallest absolute Gasteiger partial charge is 0.317 e. The van der Waals surface area contributed by atoms with E-state index in [9.17, 15) is 4.79 Å². The van der Waals surface area contributed by atoms with E-state index in [1.54, 1.807) is 6.20 Å². The molecule has 1 aromatic heterocycles. The van der Waals surface area contributed by atoms with Crippen molar-refractivity contribution in [1.82, 2.24) is 25.0 Å². The SMILES string of the molecule is CC(C)NC(=O)N1CC[C@@H](N2CCN(C)CC2)[C@@H]1Cc1cccnc1. The Labute approximate surface area is 151 Å². The quantitative estimate of drug-likeness (QED) is 0.897. The minimum atomic E-state index is 0.0699. The van der Waals surface area contributed by atoms with Crippen LogP contribution in [0.3, 0.4) is 0 Å². The Morgan fingerprint density at radius 1 is 1.28 bits per heavy atom. The fourth-order valence-corrected chi connectivity index (χ4v) is 4.01. The van der Waals surface area contributed by atoms with E-state index in [1.165, 1.54) is 5.56 Å². The molecule has 0 aromatic carbocycles. The van der Waals surface area contributed by atoms with Gasteiger partial charge >= 0.3 is 6.03 Å². The standard InChI is InChI=1S/C19H31N5O/c1-15(2)21-19(25)24-8-6-17(23-11-9-22(3)10-12-23)18(24)13-16-5-4-7-20-14-16/h4-5,7,14-15,17-18H,6,8-13H2,1-3H3,(H,21,25)/t17-,18+/m1/s1. The van der Waals surface area contributed by atoms with Gasteiger partial charge in [0.2, 0.25) is 0 Å². The fourth-order valence-electron chi connectivity index (χ4n) is 4.01. The van der Waals surface area contributed by atoms with Crippen molar-refractivity contribution in [2.24, 2.45) is 0 Å². The lowest BCUT2D eigenvalue weighted by molar-refractivity contribution is 0.0908. The highest BCUT2D eigenvalue weighted by Gasteiger charge is 2.40. The second kappa shape index (κ2) is 8.15. The molecule has 0 spiro atoms. The predicted octanol–water partition coefficient (Wildman–Crippen LogP) is 1.43. The van der Waals surface area contributed by atoms with E-state index in [0.29, 0.717) is 6.04 Å². The van der Waals surface area contributed by atoms with Gasteiger partial charge in [-0.1, -0.05) is 6.07 Å². The monoisotopic (exact) mass is 345 g/mol. The molecule has 25 heavy (non-hydrogen) atoms. The minimum Gasteiger partial charge on any atom is -0.336 e. The average molecular weight is 345 g/mol. The van der Waals surface area contributed by atoms with E-state index in [0.717, 1.165) is 45.6 Å². The maximum atomic E-state index is 12.7. The normalized spacial score (nSPS) is 25.5. The molecule has 6 nitrogen and oxygen atoms in total. The Morgan fingerprint density at radius 2 is 2.04 bits per heavy atom. The maximum Gasteiger partial charge on any atom is 0.317 e. The third-order valence-corrected chi connectivity index (χ3v) is 5.36. The summed E-state index contributed by atoms with van der Waals surface area (Å²) in [5.74, 6) is 0. The molecule has 3 heterocycles. The molecule has 1 N–H and O–H groups in total. The first-order valence-electron chi connectivity index (χ1n) is 9.43. The molecule has 3 rings (SSSR count). The van der Waals surface area contributed by atoms with Crippen molar-refractivity contribution < 1.29 is 4.79 Å². The minimum absolute atomic E-state index is 0.0699. The molecule has 2 fully saturated rings. The molecular formula is C19H31N5O. The first kappa shape index (κ1) is 18.1. The van der Waals surface area contributed by atoms with Crippen molar-refractivity contribution in [1.29, 1.82) is 0 Å². The summed E-state index contributed by atoms with van der Waals surface area (Å²) < 4.78 is 0. The van der Waals surface area contributed by atoms with Crippen LogP contribution in [0.1, 0.15) is 25.8 Å². The van der Waals surface area contributed by atoms with Crippen molar-refractivity contribution in [3.05, 3.63) is 30.1 Å². The second-order valence-corrected chi connectivity index (χ2v) is 7.63. The predicted molar refractivity (Wildman–Crippen MR) is 99.6 cm³/mol. The molecule has 1 aromatic rings. The summed E-state index contributed by atoms with van der Waals surface area (Å²) in [6, 6.07) is 4.98. The zero-order valence-corrected chi connectivity index (χ0v) is 15.7. The lowest BCUT2D eigenvalue weighted by atomic mass is 9.99. The van der Waals surface area contributed by atoms with Gasteiger partial charge in [0.15, 0.2) is 0 Å². The van der Waals surface area contributed by atoms with Gasteiger partial charge in [-0.05, 0) is 45.4 Å². The van der Waals surface area contributed by atoms with Crippen molar-refractivity contribution in [3.63, 3.8) is 0 Å². The first-order valence-corrected chi connectivity index (χ1v) is 9.43. The maximum absolute atomic E-state index is 12.7. The number of hydrogen-bond donors (Lipinski definition) is 1. The summed E-state index contributed by atoms with van der Waals surface area (Å²) in [6.45, 7) is 9.25. The number of carbonyl (C=O) groups is 1. The van der Waals surface area contributed by atoms with Crippen LogP contribution < -0.4 is 5.32 Å². The van der Waals surface area contributed by atoms with Crippen LogP contribution in [0.25, 0.3) is 0 Å². The van der Waals surface area contributed by atoms with Crippen molar-refractivity contribution in [3.8, 4) is 0 Å². The van der Waals surface area contributed by atoms with Crippen LogP contribution in [-0.2, 0) is 6.42 Å². The molecule has 2 saturated heterocycles. The van der Waals surface area contributed by atoms with Crippen molar-refractivity contribution in [2.75, 3.05) is 39.8 Å². The fraction of sp³-hybridized carbons (Fsp3) is 0.684. The molecule has 6 heteroatoms. The topological polar surface area (TPSA) is 51.7 Å². The Bertz CT molecular complexity index is 556. The zero-order valence-electron chi connectivity index (χ0n) is 15.7. The number of pyridine rings is 1. The summed E-state index contributed by atoms with van der Waals surface area (Å²) in [6.07, 6.45) is 5.66. The molecule has 2 aliphatic heterocycles. The summed E-state index contributed by atoms with van der Waals surface area (Å²) >= 11 is 0. The van der Waals surface area contributed by atoms with Gasteiger partial charge in [0.05, 0.1) is 6.04 Å². The molecule has 0 bridgehead atoms. The van der Waals surface area contributed by atoms with Crippen molar-refractivity contribution in [2.45, 2.75) is 44.8 Å². The van der Waals surface area contributed by atoms with E-state index >= 15 is 0 Å². The number of aromatic nitrogens is 1. The number of likely N-dealkylation sites (N-methyl/N-ethyl adjacent to an activating group) is 1. The van der Waals surface area contributed by atoms with E-state index in [4.69, 9.17) is 0 Å². The summed E-state index contributed by atoms with van der Waals surface area (Å²) in [5, 5.41) is 3.08. The highest BCUT2D eigenvalue weighted by molar-refractivity contribution is 5.75. The second-order valence-electron chi connectivity index (χ2n) is 7.63. The summed E-state index contributed by atoms with van der Waals surface area (Å²) in [7, 11) is 2.18. The summed E-state index contributed by atoms with van der Waals surface area (Å²) in [4.78, 5) is 24.0. The van der Waals surface area contributed by atoms with Gasteiger partial charge in [-0.25, -0.2) is 4.79 Å². The number of nitrogens with one attached hydrogen (secondary N) is 1. The van der Waals surface area contributed by atoms with Gasteiger partial charge in [0.1, 0.15) is 0 Å². The van der Waals surface area contributed by atoms with Gasteiger partial charge < -0.3 is 15.1 Å². The van der Waals surface area contributed by atoms with E-state index in [1.807, 2.05) is 26.1 Å². The van der Waals surface area contributed by atoms with Crippen LogP contribution >= 0.6 is 0 Å². The van der Waals surface area contributed by atoms with Crippen LogP contribution in [-0.4, -0.2) is 83.6 Å². The average Bonchev–Trinajstić information content (AvgIpc) is 2.99. The molecule has 2 aliphatic rings. The van der Waals surface area contributed by atoms with Gasteiger partial charge in [-0.15, -0.1) is 0 Å². The van der Waals surface area contributed by atoms with Crippen LogP contribution in [0, 0.1) is 0 Å². The highest BCUT2D eigenvalue weighted by Crippen LogP contribution is 2.27. The van der Waals surface area contributed by atoms with Crippen LogP contribution in [0.5, 0.6) is 0 Å². The molecule has 2 atom stereocenters. The van der Waals surface area contributed by atoms with Crippen LogP contribution in [0.2, 0.25) is 0 Å². The van der Waals surface area contributed by atoms with Gasteiger partial charge in [0.25, 0.3) is 0 Å². The first-order chi connectivity index (χ1) is 12.0. The van der Waals surface area contributed by atoms with Crippen molar-refractivity contribution >= 4 is 6.03 Å². The zero-order chi connectivity index (χ0) is 17.8. The molecule has 0 aliphatic carbocycles. The molecule has 138 valence electrons. The summed E-state index contributed by atoms with van der Waals surface area (Å²) in [5.41, 5.74) is 1.20. The lowest BCUT2D eigenvalue weighted by Crippen LogP contribution is -2.55. The van der Waals surface area contributed by atoms with Gasteiger partial charge in [-0.3, -0.25) is 9.88 Å². The number of amides is 2. The Balaban J connectivity index is 1.75. The number of hydrogen-bond acceptors (Lipinski definition) is 4.